The highest BCUT2D eigenvalue weighted by atomic mass is 35.5. The highest BCUT2D eigenvalue weighted by Gasteiger charge is 2.22. The summed E-state index contributed by atoms with van der Waals surface area (Å²) < 4.78 is 12.1. The van der Waals surface area contributed by atoms with Crippen molar-refractivity contribution in [2.75, 3.05) is 13.7 Å². The zero-order valence-corrected chi connectivity index (χ0v) is 8.12. The average molecular weight is 203 g/mol. The maximum atomic E-state index is 6.00. The van der Waals surface area contributed by atoms with E-state index >= 15 is 0 Å². The predicted octanol–water partition coefficient (Wildman–Crippen LogP) is 1.85. The topological polar surface area (TPSA) is 36.3 Å². The second-order valence-electron chi connectivity index (χ2n) is 2.92. The molecule has 2 rings (SSSR count). The Balaban J connectivity index is 2.24. The minimum absolute atomic E-state index is 0.0172. The maximum absolute atomic E-state index is 6.00. The lowest BCUT2D eigenvalue weighted by Gasteiger charge is -2.10. The summed E-state index contributed by atoms with van der Waals surface area (Å²) in [6.45, 7) is 0.781. The highest BCUT2D eigenvalue weighted by molar-refractivity contribution is 6.31. The molecule has 1 aromatic heterocycles. The Labute approximate surface area is 81.4 Å². The first-order chi connectivity index (χ1) is 6.33. The van der Waals surface area contributed by atoms with Crippen molar-refractivity contribution < 1.29 is 9.47 Å². The molecule has 1 fully saturated rings. The molecular weight excluding hydrogens is 192 g/mol. The van der Waals surface area contributed by atoms with Crippen molar-refractivity contribution in [2.24, 2.45) is 0 Å². The minimum Gasteiger partial charge on any atom is -0.492 e. The third-order valence-corrected chi connectivity index (χ3v) is 2.46. The Bertz CT molecular complexity index is 294. The largest absolute Gasteiger partial charge is 0.492 e. The van der Waals surface area contributed by atoms with Crippen molar-refractivity contribution >= 4 is 11.6 Å². The van der Waals surface area contributed by atoms with Gasteiger partial charge in [0.2, 0.25) is 0 Å². The van der Waals surface area contributed by atoms with Gasteiger partial charge in [-0.1, -0.05) is 11.6 Å². The predicted molar refractivity (Wildman–Crippen MR) is 48.0 cm³/mol. The van der Waals surface area contributed by atoms with Crippen molar-refractivity contribution in [3.05, 3.63) is 11.3 Å². The van der Waals surface area contributed by atoms with E-state index in [0.717, 1.165) is 19.4 Å². The molecule has 0 aliphatic carbocycles. The molecule has 0 amide bonds. The van der Waals surface area contributed by atoms with Gasteiger partial charge in [-0.15, -0.1) is 0 Å². The van der Waals surface area contributed by atoms with Gasteiger partial charge < -0.3 is 9.47 Å². The molecule has 0 saturated carbocycles. The summed E-state index contributed by atoms with van der Waals surface area (Å²) in [7, 11) is 1.57. The van der Waals surface area contributed by atoms with E-state index in [9.17, 15) is 0 Å². The standard InChI is InChI=1S/C8H11ClN2O2/c1-12-6-5-10-11(8(6)9)7-3-2-4-13-7/h5,7H,2-4H2,1H3. The van der Waals surface area contributed by atoms with E-state index in [1.54, 1.807) is 18.0 Å². The lowest BCUT2D eigenvalue weighted by atomic mass is 10.3. The first-order valence-corrected chi connectivity index (χ1v) is 4.59. The average Bonchev–Trinajstić information content (AvgIpc) is 2.72. The Hall–Kier alpha value is -0.740. The normalized spacial score (nSPS) is 22.2. The Morgan fingerprint density at radius 2 is 2.62 bits per heavy atom. The number of halogens is 1. The van der Waals surface area contributed by atoms with Crippen LogP contribution in [0.3, 0.4) is 0 Å². The highest BCUT2D eigenvalue weighted by Crippen LogP contribution is 2.30. The molecule has 1 aliphatic rings. The summed E-state index contributed by atoms with van der Waals surface area (Å²) >= 11 is 6.00. The van der Waals surface area contributed by atoms with Crippen LogP contribution in [0.2, 0.25) is 5.15 Å². The van der Waals surface area contributed by atoms with Crippen LogP contribution in [0.15, 0.2) is 6.20 Å². The SMILES string of the molecule is COc1cnn(C2CCCO2)c1Cl. The molecule has 0 spiro atoms. The molecule has 5 heteroatoms. The smallest absolute Gasteiger partial charge is 0.175 e. The number of hydrogen-bond acceptors (Lipinski definition) is 3. The third-order valence-electron chi connectivity index (χ3n) is 2.10. The maximum Gasteiger partial charge on any atom is 0.175 e. The summed E-state index contributed by atoms with van der Waals surface area (Å²) in [6, 6.07) is 0. The molecule has 1 saturated heterocycles. The molecule has 1 aliphatic heterocycles. The van der Waals surface area contributed by atoms with Gasteiger partial charge in [-0.2, -0.15) is 5.10 Å². The number of nitrogens with zero attached hydrogens (tertiary/aromatic N) is 2. The van der Waals surface area contributed by atoms with E-state index in [1.165, 1.54) is 0 Å². The van der Waals surface area contributed by atoms with Gasteiger partial charge in [0.05, 0.1) is 13.3 Å². The van der Waals surface area contributed by atoms with Gasteiger partial charge in [-0.3, -0.25) is 0 Å². The van der Waals surface area contributed by atoms with Crippen LogP contribution in [-0.4, -0.2) is 23.5 Å². The van der Waals surface area contributed by atoms with E-state index in [4.69, 9.17) is 21.1 Å². The summed E-state index contributed by atoms with van der Waals surface area (Å²) in [6.07, 6.45) is 3.61. The number of hydrogen-bond donors (Lipinski definition) is 0. The van der Waals surface area contributed by atoms with Crippen LogP contribution in [0.25, 0.3) is 0 Å². The lowest BCUT2D eigenvalue weighted by molar-refractivity contribution is 0.0468. The minimum atomic E-state index is -0.0172. The molecule has 0 aromatic carbocycles. The Morgan fingerprint density at radius 1 is 1.77 bits per heavy atom. The van der Waals surface area contributed by atoms with E-state index in [0.29, 0.717) is 10.9 Å². The zero-order valence-electron chi connectivity index (χ0n) is 7.36. The summed E-state index contributed by atoms with van der Waals surface area (Å²) in [5, 5.41) is 4.61. The van der Waals surface area contributed by atoms with Crippen molar-refractivity contribution in [3.63, 3.8) is 0 Å². The number of rotatable bonds is 2. The molecule has 13 heavy (non-hydrogen) atoms. The van der Waals surface area contributed by atoms with Gasteiger partial charge in [-0.05, 0) is 12.8 Å². The fraction of sp³-hybridized carbons (Fsp3) is 0.625. The van der Waals surface area contributed by atoms with Gasteiger partial charge in [0.15, 0.2) is 17.1 Å². The van der Waals surface area contributed by atoms with Crippen LogP contribution in [-0.2, 0) is 4.74 Å². The molecule has 1 unspecified atom stereocenters. The zero-order chi connectivity index (χ0) is 9.26. The molecule has 0 radical (unpaired) electrons. The Kier molecular flexibility index (Phi) is 2.42. The molecule has 2 heterocycles. The van der Waals surface area contributed by atoms with Gasteiger partial charge in [0.1, 0.15) is 0 Å². The van der Waals surface area contributed by atoms with Crippen molar-refractivity contribution in [1.29, 1.82) is 0 Å². The number of ether oxygens (including phenoxy) is 2. The molecule has 0 bridgehead atoms. The van der Waals surface area contributed by atoms with Crippen molar-refractivity contribution in [3.8, 4) is 5.75 Å². The van der Waals surface area contributed by atoms with Gasteiger partial charge in [0, 0.05) is 6.61 Å². The molecule has 0 N–H and O–H groups in total. The fourth-order valence-corrected chi connectivity index (χ4v) is 1.70. The van der Waals surface area contributed by atoms with Crippen molar-refractivity contribution in [1.82, 2.24) is 9.78 Å². The monoisotopic (exact) mass is 202 g/mol. The van der Waals surface area contributed by atoms with Gasteiger partial charge in [-0.25, -0.2) is 4.68 Å². The van der Waals surface area contributed by atoms with Crippen LogP contribution in [0.1, 0.15) is 19.1 Å². The summed E-state index contributed by atoms with van der Waals surface area (Å²) in [4.78, 5) is 0. The van der Waals surface area contributed by atoms with Crippen LogP contribution >= 0.6 is 11.6 Å². The first-order valence-electron chi connectivity index (χ1n) is 4.21. The number of aromatic nitrogens is 2. The Morgan fingerprint density at radius 3 is 3.15 bits per heavy atom. The van der Waals surface area contributed by atoms with E-state index in [-0.39, 0.29) is 6.23 Å². The van der Waals surface area contributed by atoms with Crippen LogP contribution in [0.4, 0.5) is 0 Å². The third kappa shape index (κ3) is 1.51. The van der Waals surface area contributed by atoms with Gasteiger partial charge >= 0.3 is 0 Å². The molecular formula is C8H11ClN2O2. The first kappa shape index (κ1) is 8.84. The van der Waals surface area contributed by atoms with Crippen LogP contribution < -0.4 is 4.74 Å². The van der Waals surface area contributed by atoms with Crippen LogP contribution in [0, 0.1) is 0 Å². The van der Waals surface area contributed by atoms with Crippen LogP contribution in [0.5, 0.6) is 5.75 Å². The number of methoxy groups -OCH3 is 1. The summed E-state index contributed by atoms with van der Waals surface area (Å²) in [5.41, 5.74) is 0. The van der Waals surface area contributed by atoms with Crippen molar-refractivity contribution in [2.45, 2.75) is 19.1 Å². The van der Waals surface area contributed by atoms with Gasteiger partial charge in [0.25, 0.3) is 0 Å². The molecule has 72 valence electrons. The second-order valence-corrected chi connectivity index (χ2v) is 3.27. The lowest BCUT2D eigenvalue weighted by Crippen LogP contribution is -2.08. The second kappa shape index (κ2) is 3.55. The molecule has 4 nitrogen and oxygen atoms in total. The molecule has 1 atom stereocenters. The molecule has 1 aromatic rings. The van der Waals surface area contributed by atoms with E-state index < -0.39 is 0 Å². The summed E-state index contributed by atoms with van der Waals surface area (Å²) in [5.74, 6) is 0.595. The fourth-order valence-electron chi connectivity index (χ4n) is 1.42. The van der Waals surface area contributed by atoms with E-state index in [2.05, 4.69) is 5.10 Å². The van der Waals surface area contributed by atoms with E-state index in [1.807, 2.05) is 0 Å². The quantitative estimate of drug-likeness (QED) is 0.735.